The third-order valence-corrected chi connectivity index (χ3v) is 1.85. The highest BCUT2D eigenvalue weighted by Gasteiger charge is 2.09. The van der Waals surface area contributed by atoms with E-state index < -0.39 is 5.91 Å². The number of nitrogens with two attached hydrogens (primary N) is 1. The highest BCUT2D eigenvalue weighted by Crippen LogP contribution is 2.10. The van der Waals surface area contributed by atoms with Crippen molar-refractivity contribution < 1.29 is 9.32 Å². The maximum absolute atomic E-state index is 10.5. The van der Waals surface area contributed by atoms with Gasteiger partial charge in [0, 0.05) is 6.20 Å². The first-order valence-corrected chi connectivity index (χ1v) is 4.83. The van der Waals surface area contributed by atoms with Crippen molar-refractivity contribution in [2.24, 2.45) is 5.73 Å². The highest BCUT2D eigenvalue weighted by atomic mass is 16.5. The Balaban J connectivity index is 1.99. The lowest BCUT2D eigenvalue weighted by Gasteiger charge is -1.95. The second kappa shape index (κ2) is 5.12. The minimum atomic E-state index is -0.444. The van der Waals surface area contributed by atoms with Crippen LogP contribution in [0, 0.1) is 0 Å². The zero-order valence-electron chi connectivity index (χ0n) is 8.83. The van der Waals surface area contributed by atoms with Gasteiger partial charge in [-0.1, -0.05) is 5.16 Å². The smallest absolute Gasteiger partial charge is 0.240 e. The highest BCUT2D eigenvalue weighted by molar-refractivity contribution is 5.75. The van der Waals surface area contributed by atoms with Crippen LogP contribution < -0.4 is 11.1 Å². The van der Waals surface area contributed by atoms with Gasteiger partial charge in [0.1, 0.15) is 12.0 Å². The summed E-state index contributed by atoms with van der Waals surface area (Å²) in [6.07, 6.45) is 2.99. The van der Waals surface area contributed by atoms with Crippen LogP contribution in [0.4, 0.5) is 0 Å². The van der Waals surface area contributed by atoms with Gasteiger partial charge in [-0.3, -0.25) is 10.1 Å². The Morgan fingerprint density at radius 2 is 2.41 bits per heavy atom. The largest absolute Gasteiger partial charge is 0.369 e. The molecule has 0 bridgehead atoms. The summed E-state index contributed by atoms with van der Waals surface area (Å²) in [6.45, 7) is 0.340. The van der Waals surface area contributed by atoms with Crippen molar-refractivity contribution >= 4 is 5.91 Å². The number of amides is 1. The molecule has 0 saturated heterocycles. The van der Waals surface area contributed by atoms with Gasteiger partial charge in [-0.2, -0.15) is 4.98 Å². The van der Waals surface area contributed by atoms with E-state index in [9.17, 15) is 4.79 Å². The first kappa shape index (κ1) is 11.1. The third-order valence-electron chi connectivity index (χ3n) is 1.85. The maximum Gasteiger partial charge on any atom is 0.240 e. The van der Waals surface area contributed by atoms with E-state index in [0.29, 0.717) is 17.4 Å². The molecule has 0 unspecified atom stereocenters. The number of nitrogens with zero attached hydrogens (tertiary/aromatic N) is 4. The molecule has 17 heavy (non-hydrogen) atoms. The fourth-order valence-electron chi connectivity index (χ4n) is 1.15. The lowest BCUT2D eigenvalue weighted by molar-refractivity contribution is -0.117. The predicted molar refractivity (Wildman–Crippen MR) is 56.2 cm³/mol. The van der Waals surface area contributed by atoms with Gasteiger partial charge in [-0.15, -0.1) is 0 Å². The Labute approximate surface area is 96.3 Å². The van der Waals surface area contributed by atoms with E-state index in [-0.39, 0.29) is 13.1 Å². The number of aromatic nitrogens is 4. The van der Waals surface area contributed by atoms with E-state index in [4.69, 9.17) is 10.3 Å². The molecule has 0 radical (unpaired) electrons. The average molecular weight is 234 g/mol. The Bertz CT molecular complexity index is 497. The lowest BCUT2D eigenvalue weighted by atomic mass is 10.4. The molecule has 2 aromatic rings. The zero-order chi connectivity index (χ0) is 12.1. The van der Waals surface area contributed by atoms with Crippen molar-refractivity contribution in [2.45, 2.75) is 6.54 Å². The van der Waals surface area contributed by atoms with Gasteiger partial charge in [0.15, 0.2) is 0 Å². The molecular formula is C9H10N6O2. The van der Waals surface area contributed by atoms with Crippen LogP contribution in [0.15, 0.2) is 23.1 Å². The van der Waals surface area contributed by atoms with Crippen LogP contribution in [0.25, 0.3) is 11.5 Å². The van der Waals surface area contributed by atoms with Crippen LogP contribution in [0.3, 0.4) is 0 Å². The molecule has 0 saturated carbocycles. The summed E-state index contributed by atoms with van der Waals surface area (Å²) in [5.74, 6) is 0.295. The van der Waals surface area contributed by atoms with E-state index >= 15 is 0 Å². The molecule has 0 aromatic carbocycles. The summed E-state index contributed by atoms with van der Waals surface area (Å²) >= 11 is 0. The molecule has 0 spiro atoms. The first-order chi connectivity index (χ1) is 8.25. The van der Waals surface area contributed by atoms with Crippen molar-refractivity contribution in [3.05, 3.63) is 24.5 Å². The van der Waals surface area contributed by atoms with Gasteiger partial charge in [0.05, 0.1) is 13.1 Å². The minimum Gasteiger partial charge on any atom is -0.369 e. The fraction of sp³-hybridized carbons (Fsp3) is 0.222. The van der Waals surface area contributed by atoms with Gasteiger partial charge in [-0.05, 0) is 6.07 Å². The molecule has 0 aliphatic carbocycles. The van der Waals surface area contributed by atoms with Crippen molar-refractivity contribution in [1.29, 1.82) is 0 Å². The number of primary amides is 1. The molecule has 2 rings (SSSR count). The average Bonchev–Trinajstić information content (AvgIpc) is 2.78. The van der Waals surface area contributed by atoms with Gasteiger partial charge in [-0.25, -0.2) is 9.97 Å². The molecular weight excluding hydrogens is 224 g/mol. The van der Waals surface area contributed by atoms with E-state index in [1.807, 2.05) is 0 Å². The molecule has 1 amide bonds. The van der Waals surface area contributed by atoms with E-state index in [2.05, 4.69) is 25.4 Å². The van der Waals surface area contributed by atoms with Crippen molar-refractivity contribution in [3.8, 4) is 11.5 Å². The maximum atomic E-state index is 10.5. The second-order valence-corrected chi connectivity index (χ2v) is 3.18. The molecule has 0 aliphatic heterocycles. The minimum absolute atomic E-state index is 0.0607. The zero-order valence-corrected chi connectivity index (χ0v) is 8.83. The van der Waals surface area contributed by atoms with Crippen LogP contribution in [0.5, 0.6) is 0 Å². The molecule has 3 N–H and O–H groups in total. The summed E-state index contributed by atoms with van der Waals surface area (Å²) in [4.78, 5) is 22.4. The Morgan fingerprint density at radius 3 is 3.12 bits per heavy atom. The van der Waals surface area contributed by atoms with Crippen LogP contribution in [-0.4, -0.2) is 32.6 Å². The summed E-state index contributed by atoms with van der Waals surface area (Å²) in [5, 5.41) is 6.51. The Hall–Kier alpha value is -2.35. The molecule has 8 nitrogen and oxygen atoms in total. The number of carbonyl (C=O) groups excluding carboxylic acids is 1. The number of nitrogens with one attached hydrogen (secondary N) is 1. The predicted octanol–water partition coefficient (Wildman–Crippen LogP) is -0.899. The van der Waals surface area contributed by atoms with Crippen LogP contribution in [-0.2, 0) is 11.3 Å². The molecule has 2 aromatic heterocycles. The van der Waals surface area contributed by atoms with Crippen molar-refractivity contribution in [2.75, 3.05) is 6.54 Å². The molecule has 0 fully saturated rings. The van der Waals surface area contributed by atoms with E-state index in [1.54, 1.807) is 12.3 Å². The molecule has 88 valence electrons. The van der Waals surface area contributed by atoms with Gasteiger partial charge in [0.25, 0.3) is 0 Å². The standard InChI is InChI=1S/C9H10N6O2/c10-7(16)3-12-4-8-14-9(15-17-8)6-1-2-11-5-13-6/h1-2,5,12H,3-4H2,(H2,10,16). The van der Waals surface area contributed by atoms with Gasteiger partial charge in [0.2, 0.25) is 17.6 Å². The van der Waals surface area contributed by atoms with Crippen molar-refractivity contribution in [1.82, 2.24) is 25.4 Å². The normalized spacial score (nSPS) is 10.4. The molecule has 8 heteroatoms. The van der Waals surface area contributed by atoms with E-state index in [1.165, 1.54) is 6.33 Å². The first-order valence-electron chi connectivity index (χ1n) is 4.83. The number of hydrogen-bond donors (Lipinski definition) is 2. The monoisotopic (exact) mass is 234 g/mol. The molecule has 2 heterocycles. The molecule has 0 atom stereocenters. The third kappa shape index (κ3) is 3.05. The van der Waals surface area contributed by atoms with Crippen molar-refractivity contribution in [3.63, 3.8) is 0 Å². The number of rotatable bonds is 5. The van der Waals surface area contributed by atoms with Crippen LogP contribution >= 0.6 is 0 Å². The lowest BCUT2D eigenvalue weighted by Crippen LogP contribution is -2.28. The van der Waals surface area contributed by atoms with Gasteiger partial charge >= 0.3 is 0 Å². The van der Waals surface area contributed by atoms with Gasteiger partial charge < -0.3 is 10.3 Å². The summed E-state index contributed by atoms with van der Waals surface area (Å²) in [7, 11) is 0. The Morgan fingerprint density at radius 1 is 1.53 bits per heavy atom. The summed E-state index contributed by atoms with van der Waals surface area (Å²) < 4.78 is 4.96. The Kier molecular flexibility index (Phi) is 3.36. The summed E-state index contributed by atoms with van der Waals surface area (Å²) in [6, 6.07) is 1.67. The molecule has 0 aliphatic rings. The number of hydrogen-bond acceptors (Lipinski definition) is 7. The van der Waals surface area contributed by atoms with E-state index in [0.717, 1.165) is 0 Å². The second-order valence-electron chi connectivity index (χ2n) is 3.18. The number of carbonyl (C=O) groups is 1. The fourth-order valence-corrected chi connectivity index (χ4v) is 1.15. The summed E-state index contributed by atoms with van der Waals surface area (Å²) in [5.41, 5.74) is 5.54. The quantitative estimate of drug-likeness (QED) is 0.687. The SMILES string of the molecule is NC(=O)CNCc1nc(-c2ccncn2)no1. The topological polar surface area (TPSA) is 120 Å². The van der Waals surface area contributed by atoms with Crippen LogP contribution in [0.2, 0.25) is 0 Å². The van der Waals surface area contributed by atoms with Crippen LogP contribution in [0.1, 0.15) is 5.89 Å².